The molecule has 0 aromatic heterocycles. The topological polar surface area (TPSA) is 69.2 Å². The van der Waals surface area contributed by atoms with Crippen LogP contribution in [0.5, 0.6) is 0 Å². The second-order valence-electron chi connectivity index (χ2n) is 0.289. The summed E-state index contributed by atoms with van der Waals surface area (Å²) in [6.07, 6.45) is 0. The summed E-state index contributed by atoms with van der Waals surface area (Å²) in [5.74, 6) is 0. The Labute approximate surface area is 229 Å². The molecule has 0 heterocycles. The third-order valence-electron chi connectivity index (χ3n) is 0. The Morgan fingerprint density at radius 2 is 0.545 bits per heavy atom. The molecule has 0 atom stereocenters. The molecule has 0 saturated heterocycles. The van der Waals surface area contributed by atoms with Gasteiger partial charge in [0.2, 0.25) is 0 Å². The minimum atomic E-state index is -2.92. The first kappa shape index (κ1) is 52.1. The molecule has 0 saturated carbocycles. The van der Waals surface area contributed by atoms with E-state index in [1.807, 2.05) is 0 Å². The molecule has 0 N–H and O–H groups in total. The van der Waals surface area contributed by atoms with Crippen LogP contribution in [0.15, 0.2) is 0 Å². The average molecular weight is 224 g/mol. The van der Waals surface area contributed by atoms with E-state index in [9.17, 15) is 0 Å². The molecule has 0 fully saturated rings. The van der Waals surface area contributed by atoms with Gasteiger partial charge in [-0.2, -0.15) is 0 Å². The zero-order valence-corrected chi connectivity index (χ0v) is 22.8. The van der Waals surface area contributed by atoms with Crippen LogP contribution >= 0.6 is 0 Å². The summed E-state index contributed by atoms with van der Waals surface area (Å²) < 4.78 is 0. The minimum Gasteiger partial charge on any atom is -1.00 e. The summed E-state index contributed by atoms with van der Waals surface area (Å²) in [5.41, 5.74) is 0. The van der Waals surface area contributed by atoms with Crippen molar-refractivity contribution in [3.05, 3.63) is 0 Å². The molecule has 0 rings (SSSR count). The predicted octanol–water partition coefficient (Wildman–Crippen LogP) is -24.5. The van der Waals surface area contributed by atoms with Gasteiger partial charge in [0.15, 0.2) is 0 Å². The fraction of sp³-hybridized carbons (Fsp3) is 0. The summed E-state index contributed by atoms with van der Waals surface area (Å²) >= 11 is 0. The van der Waals surface area contributed by atoms with E-state index in [2.05, 4.69) is 0 Å². The molecule has 0 aliphatic heterocycles. The molecule has 0 radical (unpaired) electrons. The second-order valence-corrected chi connectivity index (χ2v) is 0.289. The van der Waals surface area contributed by atoms with Gasteiger partial charge in [0.1, 0.15) is 0 Å². The molecule has 0 amide bonds. The van der Waals surface area contributed by atoms with E-state index >= 15 is 0 Å². The van der Waals surface area contributed by atoms with Crippen LogP contribution in [0, 0.1) is 0 Å². The Kier molecular flexibility index (Phi) is 206. The van der Waals surface area contributed by atoms with Crippen molar-refractivity contribution < 1.29 is 228 Å². The monoisotopic (exact) mass is 224 g/mol. The Morgan fingerprint density at radius 1 is 0.545 bits per heavy atom. The number of hydrogen-bond donors (Lipinski definition) is 0. The predicted molar refractivity (Wildman–Crippen MR) is 10.2 cm³/mol. The normalized spacial score (nSPS) is 2.45. The van der Waals surface area contributed by atoms with Gasteiger partial charge in [0.05, 0.1) is 0 Å². The van der Waals surface area contributed by atoms with Gasteiger partial charge >= 0.3 is 207 Å². The van der Waals surface area contributed by atoms with Crippen LogP contribution in [0.2, 0.25) is 0 Å². The smallest absolute Gasteiger partial charge is 1.00 e. The fourth-order valence-electron chi connectivity index (χ4n) is 0. The molecule has 0 unspecified atom stereocenters. The van der Waals surface area contributed by atoms with Crippen LogP contribution in [0.4, 0.5) is 0 Å². The molecular weight excluding hydrogens is 220 g/mol. The van der Waals surface area contributed by atoms with Crippen molar-refractivity contribution in [2.24, 2.45) is 0 Å². The van der Waals surface area contributed by atoms with Gasteiger partial charge in [-0.3, -0.25) is 7.32 Å². The largest absolute Gasteiger partial charge is 1.00 e. The van der Waals surface area contributed by atoms with E-state index in [4.69, 9.17) is 15.1 Å². The van der Waals surface area contributed by atoms with E-state index in [0.717, 1.165) is 0 Å². The Balaban J connectivity index is -0.000000000818. The van der Waals surface area contributed by atoms with Gasteiger partial charge in [-0.15, -0.1) is 0 Å². The van der Waals surface area contributed by atoms with E-state index in [1.165, 1.54) is 0 Å². The molecule has 11 heavy (non-hydrogen) atoms. The molecule has 0 aromatic carbocycles. The molecule has 0 aromatic rings. The molecule has 32 valence electrons. The first-order valence-corrected chi connectivity index (χ1v) is 0.707. The van der Waals surface area contributed by atoms with E-state index in [0.29, 0.717) is 0 Å². The minimum absolute atomic E-state index is 0. The van der Waals surface area contributed by atoms with E-state index < -0.39 is 7.32 Å². The van der Waals surface area contributed by atoms with Crippen LogP contribution < -0.4 is 222 Å². The second kappa shape index (κ2) is 43.6. The Morgan fingerprint density at radius 3 is 0.545 bits per heavy atom. The summed E-state index contributed by atoms with van der Waals surface area (Å²) in [4.78, 5) is 0. The van der Waals surface area contributed by atoms with Crippen molar-refractivity contribution in [1.82, 2.24) is 0 Å². The van der Waals surface area contributed by atoms with Crippen molar-refractivity contribution in [2.45, 2.75) is 0 Å². The molecular formula is H4BNa7O3. The van der Waals surface area contributed by atoms with Crippen molar-refractivity contribution in [3.8, 4) is 0 Å². The van der Waals surface area contributed by atoms with Crippen molar-refractivity contribution in [1.29, 1.82) is 0 Å². The number of rotatable bonds is 0. The maximum atomic E-state index is 8.42. The SMILES string of the molecule is [H-].[H-].[H-].[H-].[Na+].[Na+].[Na+].[Na+].[Na+].[Na+].[Na+].[O-]B([O-])[O-]. The van der Waals surface area contributed by atoms with Crippen LogP contribution in [0.1, 0.15) is 5.71 Å². The van der Waals surface area contributed by atoms with Gasteiger partial charge in [0.25, 0.3) is 0 Å². The average Bonchev–Trinajstić information content (AvgIpc) is 0.811. The van der Waals surface area contributed by atoms with Crippen molar-refractivity contribution in [3.63, 3.8) is 0 Å². The van der Waals surface area contributed by atoms with Gasteiger partial charge in [-0.25, -0.2) is 0 Å². The first-order chi connectivity index (χ1) is 1.73. The quantitative estimate of drug-likeness (QED) is 0.383. The molecule has 0 spiro atoms. The Hall–Kier alpha value is 6.94. The summed E-state index contributed by atoms with van der Waals surface area (Å²) in [6.45, 7) is 0. The third kappa shape index (κ3) is 78.5. The molecule has 0 aliphatic carbocycles. The van der Waals surface area contributed by atoms with Gasteiger partial charge in [-0.1, -0.05) is 0 Å². The standard InChI is InChI=1S/BO3.7Na.4H/c2-1(3)4;;;;;;;;;;;/q-3;7*+1;4*-1. The van der Waals surface area contributed by atoms with Crippen LogP contribution in [-0.2, 0) is 0 Å². The maximum absolute atomic E-state index is 8.42. The third-order valence-corrected chi connectivity index (χ3v) is 0. The summed E-state index contributed by atoms with van der Waals surface area (Å²) in [7, 11) is -2.92. The number of hydrogen-bond acceptors (Lipinski definition) is 3. The Bertz CT molecular complexity index is 31.0. The van der Waals surface area contributed by atoms with Gasteiger partial charge in [0, 0.05) is 0 Å². The fourth-order valence-corrected chi connectivity index (χ4v) is 0. The summed E-state index contributed by atoms with van der Waals surface area (Å²) in [6, 6.07) is 0. The van der Waals surface area contributed by atoms with Crippen LogP contribution in [0.3, 0.4) is 0 Å². The molecule has 11 heteroatoms. The maximum Gasteiger partial charge on any atom is 1.00 e. The van der Waals surface area contributed by atoms with Crippen LogP contribution in [-0.4, -0.2) is 7.32 Å². The van der Waals surface area contributed by atoms with Crippen molar-refractivity contribution in [2.75, 3.05) is 0 Å². The molecule has 0 aliphatic rings. The summed E-state index contributed by atoms with van der Waals surface area (Å²) in [5, 5.41) is 25.2. The zero-order valence-electron chi connectivity index (χ0n) is 12.8. The first-order valence-electron chi connectivity index (χ1n) is 0.707. The van der Waals surface area contributed by atoms with Crippen molar-refractivity contribution >= 4 is 7.32 Å². The van der Waals surface area contributed by atoms with Crippen LogP contribution in [0.25, 0.3) is 0 Å². The van der Waals surface area contributed by atoms with Gasteiger partial charge in [-0.05, 0) is 0 Å². The zero-order chi connectivity index (χ0) is 3.58. The molecule has 0 bridgehead atoms. The van der Waals surface area contributed by atoms with Gasteiger partial charge < -0.3 is 20.8 Å². The molecule has 3 nitrogen and oxygen atoms in total. The van der Waals surface area contributed by atoms with E-state index in [1.54, 1.807) is 0 Å². The van der Waals surface area contributed by atoms with E-state index in [-0.39, 0.29) is 213 Å².